The van der Waals surface area contributed by atoms with Gasteiger partial charge in [-0.05, 0) is 18.2 Å². The Morgan fingerprint density at radius 3 is 2.83 bits per heavy atom. The number of fused-ring (bicyclic) bond motifs is 1. The van der Waals surface area contributed by atoms with Crippen LogP contribution in [-0.4, -0.2) is 47.1 Å². The van der Waals surface area contributed by atoms with E-state index in [0.29, 0.717) is 34.5 Å². The highest BCUT2D eigenvalue weighted by atomic mass is 32.2. The molecule has 0 spiro atoms. The second-order valence-electron chi connectivity index (χ2n) is 7.25. The zero-order valence-corrected chi connectivity index (χ0v) is 16.8. The lowest BCUT2D eigenvalue weighted by Gasteiger charge is -2.42. The van der Waals surface area contributed by atoms with Crippen LogP contribution in [0.2, 0.25) is 0 Å². The molecule has 1 aromatic heterocycles. The largest absolute Gasteiger partial charge is 0.494 e. The maximum absolute atomic E-state index is 14.9. The second kappa shape index (κ2) is 7.27. The van der Waals surface area contributed by atoms with E-state index < -0.39 is 22.7 Å². The smallest absolute Gasteiger partial charge is 0.293 e. The van der Waals surface area contributed by atoms with Crippen LogP contribution in [0.4, 0.5) is 10.1 Å². The molecule has 2 unspecified atom stereocenters. The SMILES string of the molecule is COc1cnc(C(=O)Nc2ccc(F)c(C34COCC3(C)CSC(N)=N4)c2)nc1. The first-order valence-electron chi connectivity index (χ1n) is 8.90. The standard InChI is InChI=1S/C19H20FN5O3S/c1-18-8-28-9-19(18,25-17(21)29-10-18)13-5-11(3-4-14(13)20)24-16(26)15-22-6-12(27-2)7-23-15/h3-7H,8-10H2,1-2H3,(H2,21,25)(H,24,26). The number of ether oxygens (including phenoxy) is 2. The van der Waals surface area contributed by atoms with Gasteiger partial charge in [-0.25, -0.2) is 19.4 Å². The average molecular weight is 417 g/mol. The summed E-state index contributed by atoms with van der Waals surface area (Å²) in [5.41, 5.74) is 5.37. The van der Waals surface area contributed by atoms with Crippen molar-refractivity contribution in [2.45, 2.75) is 12.5 Å². The van der Waals surface area contributed by atoms with Crippen molar-refractivity contribution in [3.8, 4) is 5.75 Å². The first-order valence-corrected chi connectivity index (χ1v) is 9.89. The van der Waals surface area contributed by atoms with Crippen LogP contribution in [0.15, 0.2) is 35.6 Å². The van der Waals surface area contributed by atoms with Crippen LogP contribution >= 0.6 is 11.8 Å². The molecule has 3 heterocycles. The van der Waals surface area contributed by atoms with Crippen molar-refractivity contribution in [3.05, 3.63) is 47.8 Å². The Bertz CT molecular complexity index is 986. The minimum absolute atomic E-state index is 0.0276. The zero-order valence-electron chi connectivity index (χ0n) is 15.9. The molecule has 8 nitrogen and oxygen atoms in total. The maximum Gasteiger partial charge on any atom is 0.293 e. The number of hydrogen-bond acceptors (Lipinski definition) is 8. The number of carbonyl (C=O) groups is 1. The van der Waals surface area contributed by atoms with Gasteiger partial charge in [-0.15, -0.1) is 0 Å². The van der Waals surface area contributed by atoms with Gasteiger partial charge in [0, 0.05) is 22.4 Å². The van der Waals surface area contributed by atoms with Crippen LogP contribution in [0, 0.1) is 11.2 Å². The van der Waals surface area contributed by atoms with Crippen LogP contribution in [0.1, 0.15) is 23.1 Å². The molecule has 0 saturated carbocycles. The minimum atomic E-state index is -0.941. The van der Waals surface area contributed by atoms with Crippen molar-refractivity contribution in [3.63, 3.8) is 0 Å². The predicted octanol–water partition coefficient (Wildman–Crippen LogP) is 2.17. The first kappa shape index (κ1) is 19.6. The van der Waals surface area contributed by atoms with Crippen LogP contribution in [0.3, 0.4) is 0 Å². The lowest BCUT2D eigenvalue weighted by atomic mass is 9.70. The average Bonchev–Trinajstić information content (AvgIpc) is 3.06. The van der Waals surface area contributed by atoms with Crippen LogP contribution in [0.25, 0.3) is 0 Å². The molecule has 3 N–H and O–H groups in total. The topological polar surface area (TPSA) is 112 Å². The van der Waals surface area contributed by atoms with Crippen LogP contribution in [-0.2, 0) is 10.3 Å². The third-order valence-electron chi connectivity index (χ3n) is 5.31. The fraction of sp³-hybridized carbons (Fsp3) is 0.368. The third-order valence-corrected chi connectivity index (χ3v) is 6.47. The molecule has 152 valence electrons. The number of aromatic nitrogens is 2. The number of rotatable bonds is 4. The van der Waals surface area contributed by atoms with E-state index in [2.05, 4.69) is 20.3 Å². The van der Waals surface area contributed by atoms with Gasteiger partial charge in [0.15, 0.2) is 10.9 Å². The monoisotopic (exact) mass is 417 g/mol. The van der Waals surface area contributed by atoms with Crippen molar-refractivity contribution < 1.29 is 18.7 Å². The fourth-order valence-electron chi connectivity index (χ4n) is 3.61. The van der Waals surface area contributed by atoms with E-state index in [0.717, 1.165) is 0 Å². The van der Waals surface area contributed by atoms with E-state index in [-0.39, 0.29) is 12.4 Å². The lowest BCUT2D eigenvalue weighted by Crippen LogP contribution is -2.48. The van der Waals surface area contributed by atoms with Crippen LogP contribution < -0.4 is 15.8 Å². The number of carbonyl (C=O) groups excluding carboxylic acids is 1. The number of amidine groups is 1. The Morgan fingerprint density at radius 2 is 2.10 bits per heavy atom. The Morgan fingerprint density at radius 1 is 1.34 bits per heavy atom. The highest BCUT2D eigenvalue weighted by Gasteiger charge is 2.57. The summed E-state index contributed by atoms with van der Waals surface area (Å²) in [4.78, 5) is 25.0. The molecule has 2 atom stereocenters. The summed E-state index contributed by atoms with van der Waals surface area (Å²) in [6.07, 6.45) is 2.80. The molecule has 4 rings (SSSR count). The summed E-state index contributed by atoms with van der Waals surface area (Å²) in [6.45, 7) is 2.69. The molecule has 2 aromatic rings. The number of nitrogens with zero attached hydrogens (tertiary/aromatic N) is 3. The molecule has 1 fully saturated rings. The number of halogens is 1. The number of anilines is 1. The molecular formula is C19H20FN5O3S. The van der Waals surface area contributed by atoms with Crippen molar-refractivity contribution in [2.75, 3.05) is 31.4 Å². The lowest BCUT2D eigenvalue weighted by molar-refractivity contribution is 0.101. The minimum Gasteiger partial charge on any atom is -0.494 e. The Kier molecular flexibility index (Phi) is 4.91. The Labute approximate surface area is 171 Å². The second-order valence-corrected chi connectivity index (χ2v) is 8.24. The molecule has 0 bridgehead atoms. The van der Waals surface area contributed by atoms with E-state index in [1.54, 1.807) is 6.07 Å². The van der Waals surface area contributed by atoms with E-state index in [9.17, 15) is 9.18 Å². The summed E-state index contributed by atoms with van der Waals surface area (Å²) in [5, 5.41) is 3.10. The molecular weight excluding hydrogens is 397 g/mol. The van der Waals surface area contributed by atoms with Crippen molar-refractivity contribution in [1.82, 2.24) is 9.97 Å². The number of nitrogens with two attached hydrogens (primary N) is 1. The van der Waals surface area contributed by atoms with Gasteiger partial charge in [-0.2, -0.15) is 0 Å². The van der Waals surface area contributed by atoms with Gasteiger partial charge < -0.3 is 20.5 Å². The molecule has 2 aliphatic heterocycles. The number of aliphatic imine (C=N–C) groups is 1. The quantitative estimate of drug-likeness (QED) is 0.784. The van der Waals surface area contributed by atoms with E-state index in [1.165, 1.54) is 43.4 Å². The molecule has 10 heteroatoms. The zero-order chi connectivity index (χ0) is 20.6. The number of amides is 1. The van der Waals surface area contributed by atoms with E-state index in [4.69, 9.17) is 15.2 Å². The van der Waals surface area contributed by atoms with Gasteiger partial charge in [0.25, 0.3) is 5.91 Å². The van der Waals surface area contributed by atoms with Gasteiger partial charge in [-0.1, -0.05) is 18.7 Å². The molecule has 0 radical (unpaired) electrons. The number of nitrogens with one attached hydrogen (secondary N) is 1. The maximum atomic E-state index is 14.9. The van der Waals surface area contributed by atoms with Gasteiger partial charge in [-0.3, -0.25) is 4.79 Å². The normalized spacial score (nSPS) is 25.8. The Balaban J connectivity index is 1.67. The predicted molar refractivity (Wildman–Crippen MR) is 108 cm³/mol. The highest BCUT2D eigenvalue weighted by molar-refractivity contribution is 8.13. The third kappa shape index (κ3) is 3.32. The molecule has 1 amide bonds. The molecule has 1 aromatic carbocycles. The molecule has 29 heavy (non-hydrogen) atoms. The highest BCUT2D eigenvalue weighted by Crippen LogP contribution is 2.53. The van der Waals surface area contributed by atoms with Crippen molar-refractivity contribution >= 4 is 28.5 Å². The summed E-state index contributed by atoms with van der Waals surface area (Å²) in [6, 6.07) is 4.37. The van der Waals surface area contributed by atoms with Crippen molar-refractivity contribution in [1.29, 1.82) is 0 Å². The van der Waals surface area contributed by atoms with Gasteiger partial charge in [0.05, 0.1) is 32.7 Å². The van der Waals surface area contributed by atoms with Gasteiger partial charge >= 0.3 is 0 Å². The van der Waals surface area contributed by atoms with Crippen molar-refractivity contribution in [2.24, 2.45) is 16.1 Å². The fourth-order valence-corrected chi connectivity index (χ4v) is 4.62. The number of benzene rings is 1. The Hall–Kier alpha value is -2.72. The van der Waals surface area contributed by atoms with E-state index >= 15 is 0 Å². The molecule has 0 aliphatic carbocycles. The molecule has 2 aliphatic rings. The van der Waals surface area contributed by atoms with Gasteiger partial charge in [0.1, 0.15) is 11.4 Å². The summed E-state index contributed by atoms with van der Waals surface area (Å²) in [5.74, 6) is 0.133. The van der Waals surface area contributed by atoms with Gasteiger partial charge in [0.2, 0.25) is 5.82 Å². The van der Waals surface area contributed by atoms with Crippen LogP contribution in [0.5, 0.6) is 5.75 Å². The number of hydrogen-bond donors (Lipinski definition) is 2. The summed E-state index contributed by atoms with van der Waals surface area (Å²) < 4.78 is 25.6. The first-order chi connectivity index (χ1) is 13.9. The summed E-state index contributed by atoms with van der Waals surface area (Å²) in [7, 11) is 1.48. The van der Waals surface area contributed by atoms with E-state index in [1.807, 2.05) is 6.92 Å². The summed E-state index contributed by atoms with van der Waals surface area (Å²) >= 11 is 1.44. The number of methoxy groups -OCH3 is 1. The number of thioether (sulfide) groups is 1. The molecule has 1 saturated heterocycles.